The third-order valence-corrected chi connectivity index (χ3v) is 3.34. The van der Waals surface area contributed by atoms with E-state index in [4.69, 9.17) is 4.74 Å². The highest BCUT2D eigenvalue weighted by Gasteiger charge is 2.44. The summed E-state index contributed by atoms with van der Waals surface area (Å²) < 4.78 is 6.69. The molecule has 1 amide bonds. The molecule has 1 fully saturated rings. The molecule has 0 aromatic carbocycles. The molecule has 0 bridgehead atoms. The Hall–Kier alpha value is -2.48. The lowest BCUT2D eigenvalue weighted by Gasteiger charge is -2.23. The Morgan fingerprint density at radius 2 is 2.30 bits per heavy atom. The molecule has 0 radical (unpaired) electrons. The van der Waals surface area contributed by atoms with Crippen LogP contribution in [0.25, 0.3) is 5.65 Å². The largest absolute Gasteiger partial charge is 0.479 e. The number of carbonyl (C=O) groups is 2. The minimum Gasteiger partial charge on any atom is -0.479 e. The van der Waals surface area contributed by atoms with Crippen molar-refractivity contribution in [2.24, 2.45) is 0 Å². The zero-order valence-corrected chi connectivity index (χ0v) is 10.4. The fourth-order valence-electron chi connectivity index (χ4n) is 2.14. The first-order valence-corrected chi connectivity index (χ1v) is 6.04. The van der Waals surface area contributed by atoms with Gasteiger partial charge in [0.05, 0.1) is 12.2 Å². The van der Waals surface area contributed by atoms with Gasteiger partial charge in [-0.05, 0) is 12.1 Å². The molecule has 0 spiro atoms. The van der Waals surface area contributed by atoms with E-state index in [9.17, 15) is 14.7 Å². The average Bonchev–Trinajstić information content (AvgIpc) is 3.06. The fraction of sp³-hybridized carbons (Fsp3) is 0.333. The molecule has 20 heavy (non-hydrogen) atoms. The first kappa shape index (κ1) is 12.5. The number of hydrogen-bond acceptors (Lipinski definition) is 5. The highest BCUT2D eigenvalue weighted by atomic mass is 16.5. The third kappa shape index (κ3) is 1.99. The van der Waals surface area contributed by atoms with Crippen molar-refractivity contribution < 1.29 is 19.4 Å². The SMILES string of the molecule is O=C(NC1(C(=O)O)CCOC1)c1ccc2nncn2c1. The minimum absolute atomic E-state index is 0.0249. The van der Waals surface area contributed by atoms with Crippen LogP contribution in [0.2, 0.25) is 0 Å². The molecule has 2 aromatic rings. The molecule has 104 valence electrons. The van der Waals surface area contributed by atoms with Gasteiger partial charge in [-0.25, -0.2) is 4.79 Å². The highest BCUT2D eigenvalue weighted by Crippen LogP contribution is 2.19. The molecule has 8 heteroatoms. The van der Waals surface area contributed by atoms with Crippen molar-refractivity contribution >= 4 is 17.5 Å². The van der Waals surface area contributed by atoms with Crippen LogP contribution in [-0.2, 0) is 9.53 Å². The third-order valence-electron chi connectivity index (χ3n) is 3.34. The number of pyridine rings is 1. The first-order valence-electron chi connectivity index (χ1n) is 6.04. The van der Waals surface area contributed by atoms with E-state index in [1.54, 1.807) is 22.7 Å². The summed E-state index contributed by atoms with van der Waals surface area (Å²) in [5.74, 6) is -1.55. The average molecular weight is 276 g/mol. The smallest absolute Gasteiger partial charge is 0.331 e. The maximum Gasteiger partial charge on any atom is 0.331 e. The molecule has 0 aliphatic carbocycles. The molecule has 1 unspecified atom stereocenters. The Bertz CT molecular complexity index is 675. The van der Waals surface area contributed by atoms with E-state index in [-0.39, 0.29) is 13.0 Å². The van der Waals surface area contributed by atoms with Crippen molar-refractivity contribution in [1.29, 1.82) is 0 Å². The van der Waals surface area contributed by atoms with Crippen molar-refractivity contribution in [3.05, 3.63) is 30.2 Å². The van der Waals surface area contributed by atoms with Crippen LogP contribution < -0.4 is 5.32 Å². The van der Waals surface area contributed by atoms with Gasteiger partial charge >= 0.3 is 5.97 Å². The van der Waals surface area contributed by atoms with E-state index in [1.807, 2.05) is 0 Å². The molecule has 1 aliphatic heterocycles. The Labute approximate surface area is 113 Å². The number of carbonyl (C=O) groups excluding carboxylic acids is 1. The lowest BCUT2D eigenvalue weighted by molar-refractivity contribution is -0.144. The Kier molecular flexibility index (Phi) is 2.87. The molecular formula is C12H12N4O4. The number of aliphatic carboxylic acids is 1. The summed E-state index contributed by atoms with van der Waals surface area (Å²) in [6.07, 6.45) is 3.27. The van der Waals surface area contributed by atoms with Crippen LogP contribution in [0.3, 0.4) is 0 Å². The number of fused-ring (bicyclic) bond motifs is 1. The van der Waals surface area contributed by atoms with E-state index in [1.165, 1.54) is 6.33 Å². The number of rotatable bonds is 3. The summed E-state index contributed by atoms with van der Waals surface area (Å²) in [6.45, 7) is 0.292. The van der Waals surface area contributed by atoms with Crippen LogP contribution in [0.15, 0.2) is 24.7 Å². The number of hydrogen-bond donors (Lipinski definition) is 2. The molecule has 2 N–H and O–H groups in total. The molecular weight excluding hydrogens is 264 g/mol. The summed E-state index contributed by atoms with van der Waals surface area (Å²) in [4.78, 5) is 23.5. The van der Waals surface area contributed by atoms with Crippen molar-refractivity contribution in [2.45, 2.75) is 12.0 Å². The van der Waals surface area contributed by atoms with Gasteiger partial charge in [-0.3, -0.25) is 9.20 Å². The zero-order chi connectivity index (χ0) is 14.2. The summed E-state index contributed by atoms with van der Waals surface area (Å²) in [6, 6.07) is 3.21. The first-order chi connectivity index (χ1) is 9.61. The number of carboxylic acid groups (broad SMARTS) is 1. The van der Waals surface area contributed by atoms with Crippen LogP contribution in [0.4, 0.5) is 0 Å². The predicted molar refractivity (Wildman–Crippen MR) is 66.3 cm³/mol. The number of ether oxygens (including phenoxy) is 1. The minimum atomic E-state index is -1.35. The molecule has 0 saturated carbocycles. The molecule has 3 heterocycles. The molecule has 1 saturated heterocycles. The van der Waals surface area contributed by atoms with E-state index in [2.05, 4.69) is 15.5 Å². The van der Waals surface area contributed by atoms with Crippen LogP contribution >= 0.6 is 0 Å². The van der Waals surface area contributed by atoms with Gasteiger partial charge in [0.25, 0.3) is 5.91 Å². The predicted octanol–water partition coefficient (Wildman–Crippen LogP) is -0.297. The van der Waals surface area contributed by atoms with Gasteiger partial charge in [-0.15, -0.1) is 10.2 Å². The summed E-state index contributed by atoms with van der Waals surface area (Å²) >= 11 is 0. The summed E-state index contributed by atoms with van der Waals surface area (Å²) in [5.41, 5.74) is -0.400. The highest BCUT2D eigenvalue weighted by molar-refractivity contribution is 5.98. The molecule has 8 nitrogen and oxygen atoms in total. The van der Waals surface area contributed by atoms with Crippen LogP contribution in [-0.4, -0.2) is 50.3 Å². The van der Waals surface area contributed by atoms with Crippen LogP contribution in [0, 0.1) is 0 Å². The number of carboxylic acids is 1. The van der Waals surface area contributed by atoms with Gasteiger partial charge in [0.1, 0.15) is 6.33 Å². The second kappa shape index (κ2) is 4.57. The van der Waals surface area contributed by atoms with E-state index < -0.39 is 17.4 Å². The molecule has 3 rings (SSSR count). The molecule has 1 atom stereocenters. The quantitative estimate of drug-likeness (QED) is 0.797. The van der Waals surface area contributed by atoms with Gasteiger partial charge in [0.2, 0.25) is 0 Å². The van der Waals surface area contributed by atoms with Gasteiger partial charge < -0.3 is 15.2 Å². The zero-order valence-electron chi connectivity index (χ0n) is 10.4. The van der Waals surface area contributed by atoms with Crippen molar-refractivity contribution in [1.82, 2.24) is 19.9 Å². The lowest BCUT2D eigenvalue weighted by atomic mass is 9.98. The van der Waals surface area contributed by atoms with Gasteiger partial charge in [-0.2, -0.15) is 0 Å². The van der Waals surface area contributed by atoms with Crippen molar-refractivity contribution in [3.8, 4) is 0 Å². The van der Waals surface area contributed by atoms with E-state index in [0.717, 1.165) is 0 Å². The fourth-order valence-corrected chi connectivity index (χ4v) is 2.14. The van der Waals surface area contributed by atoms with Gasteiger partial charge in [0.15, 0.2) is 11.2 Å². The topological polar surface area (TPSA) is 106 Å². The Morgan fingerprint density at radius 1 is 1.45 bits per heavy atom. The van der Waals surface area contributed by atoms with Crippen molar-refractivity contribution in [3.63, 3.8) is 0 Å². The molecule has 2 aromatic heterocycles. The number of amides is 1. The second-order valence-electron chi connectivity index (χ2n) is 4.66. The molecule has 1 aliphatic rings. The Balaban J connectivity index is 1.86. The normalized spacial score (nSPS) is 22.0. The summed E-state index contributed by atoms with van der Waals surface area (Å²) in [5, 5.41) is 19.4. The van der Waals surface area contributed by atoms with Gasteiger partial charge in [0, 0.05) is 19.2 Å². The Morgan fingerprint density at radius 3 is 3.00 bits per heavy atom. The van der Waals surface area contributed by atoms with E-state index in [0.29, 0.717) is 17.8 Å². The maximum absolute atomic E-state index is 12.2. The standard InChI is InChI=1S/C12H12N4O4/c17-10(14-12(11(18)19)3-4-20-6-12)8-1-2-9-15-13-7-16(9)5-8/h1-2,5,7H,3-4,6H2,(H,14,17)(H,18,19). The number of aromatic nitrogens is 3. The van der Waals surface area contributed by atoms with E-state index >= 15 is 0 Å². The number of nitrogens with one attached hydrogen (secondary N) is 1. The van der Waals surface area contributed by atoms with Crippen LogP contribution in [0.5, 0.6) is 0 Å². The monoisotopic (exact) mass is 276 g/mol. The van der Waals surface area contributed by atoms with Crippen LogP contribution in [0.1, 0.15) is 16.8 Å². The van der Waals surface area contributed by atoms with Crippen molar-refractivity contribution in [2.75, 3.05) is 13.2 Å². The lowest BCUT2D eigenvalue weighted by Crippen LogP contribution is -2.55. The van der Waals surface area contributed by atoms with Gasteiger partial charge in [-0.1, -0.05) is 0 Å². The maximum atomic E-state index is 12.2. The number of nitrogens with zero attached hydrogens (tertiary/aromatic N) is 3. The summed E-state index contributed by atoms with van der Waals surface area (Å²) in [7, 11) is 0. The second-order valence-corrected chi connectivity index (χ2v) is 4.66.